The lowest BCUT2D eigenvalue weighted by Gasteiger charge is -2.11. The monoisotopic (exact) mass is 379 g/mol. The minimum Gasteiger partial charge on any atom is -0.495 e. The number of aromatic nitrogens is 2. The SMILES string of the molecule is COc1ccccc1NC(=O)COc1ccccc1C=Nn1cc(C)nc1N. The van der Waals surface area contributed by atoms with Crippen molar-refractivity contribution in [2.24, 2.45) is 5.10 Å². The van der Waals surface area contributed by atoms with E-state index >= 15 is 0 Å². The van der Waals surface area contributed by atoms with E-state index in [1.165, 1.54) is 4.68 Å². The predicted molar refractivity (Wildman–Crippen MR) is 108 cm³/mol. The van der Waals surface area contributed by atoms with Gasteiger partial charge in [-0.2, -0.15) is 5.10 Å². The molecular weight excluding hydrogens is 358 g/mol. The van der Waals surface area contributed by atoms with Crippen LogP contribution in [0.3, 0.4) is 0 Å². The minimum atomic E-state index is -0.300. The zero-order chi connectivity index (χ0) is 19.9. The number of methoxy groups -OCH3 is 1. The van der Waals surface area contributed by atoms with Crippen LogP contribution < -0.4 is 20.5 Å². The summed E-state index contributed by atoms with van der Waals surface area (Å²) in [4.78, 5) is 16.3. The molecule has 0 aliphatic carbocycles. The van der Waals surface area contributed by atoms with Crippen molar-refractivity contribution in [2.45, 2.75) is 6.92 Å². The van der Waals surface area contributed by atoms with Crippen LogP contribution in [-0.4, -0.2) is 35.5 Å². The van der Waals surface area contributed by atoms with Crippen molar-refractivity contribution in [3.8, 4) is 11.5 Å². The first-order chi connectivity index (χ1) is 13.6. The molecule has 1 aromatic heterocycles. The summed E-state index contributed by atoms with van der Waals surface area (Å²) in [5.41, 5.74) is 7.84. The Morgan fingerprint density at radius 1 is 1.21 bits per heavy atom. The fourth-order valence-corrected chi connectivity index (χ4v) is 2.52. The lowest BCUT2D eigenvalue weighted by molar-refractivity contribution is -0.118. The molecule has 0 saturated carbocycles. The molecule has 3 N–H and O–H groups in total. The molecule has 0 fully saturated rings. The van der Waals surface area contributed by atoms with Crippen LogP contribution in [0.25, 0.3) is 0 Å². The Balaban J connectivity index is 1.66. The van der Waals surface area contributed by atoms with Crippen molar-refractivity contribution in [3.63, 3.8) is 0 Å². The maximum atomic E-state index is 12.2. The highest BCUT2D eigenvalue weighted by Gasteiger charge is 2.09. The van der Waals surface area contributed by atoms with Gasteiger partial charge in [0.2, 0.25) is 5.95 Å². The lowest BCUT2D eigenvalue weighted by atomic mass is 10.2. The molecule has 0 aliphatic rings. The summed E-state index contributed by atoms with van der Waals surface area (Å²) in [5, 5.41) is 7.05. The van der Waals surface area contributed by atoms with E-state index < -0.39 is 0 Å². The molecule has 0 radical (unpaired) electrons. The Morgan fingerprint density at radius 3 is 2.64 bits per heavy atom. The number of hydrogen-bond donors (Lipinski definition) is 2. The number of imidazole rings is 1. The highest BCUT2D eigenvalue weighted by Crippen LogP contribution is 2.23. The summed E-state index contributed by atoms with van der Waals surface area (Å²) in [6.07, 6.45) is 3.32. The Kier molecular flexibility index (Phi) is 5.91. The molecule has 28 heavy (non-hydrogen) atoms. The first kappa shape index (κ1) is 19.0. The average Bonchev–Trinajstić information content (AvgIpc) is 3.02. The lowest BCUT2D eigenvalue weighted by Crippen LogP contribution is -2.20. The van der Waals surface area contributed by atoms with Gasteiger partial charge in [-0.25, -0.2) is 9.66 Å². The van der Waals surface area contributed by atoms with Gasteiger partial charge in [-0.1, -0.05) is 24.3 Å². The van der Waals surface area contributed by atoms with Gasteiger partial charge in [0.25, 0.3) is 5.91 Å². The molecule has 0 bridgehead atoms. The molecule has 1 amide bonds. The topological polar surface area (TPSA) is 104 Å². The summed E-state index contributed by atoms with van der Waals surface area (Å²) in [6, 6.07) is 14.4. The van der Waals surface area contributed by atoms with E-state index in [1.807, 2.05) is 37.3 Å². The predicted octanol–water partition coefficient (Wildman–Crippen LogP) is 2.68. The van der Waals surface area contributed by atoms with Crippen LogP contribution >= 0.6 is 0 Å². The number of carbonyl (C=O) groups excluding carboxylic acids is 1. The number of aryl methyl sites for hydroxylation is 1. The number of nitrogens with zero attached hydrogens (tertiary/aromatic N) is 3. The first-order valence-electron chi connectivity index (χ1n) is 8.57. The van der Waals surface area contributed by atoms with Crippen LogP contribution in [0, 0.1) is 6.92 Å². The molecule has 8 heteroatoms. The standard InChI is InChI=1S/C20H21N5O3/c1-14-12-25(20(21)23-14)22-11-15-7-3-5-9-17(15)28-13-19(26)24-16-8-4-6-10-18(16)27-2/h3-12H,13H2,1-2H3,(H2,21,23)(H,24,26). The molecule has 0 saturated heterocycles. The van der Waals surface area contributed by atoms with Crippen molar-refractivity contribution in [1.82, 2.24) is 9.66 Å². The van der Waals surface area contributed by atoms with Gasteiger partial charge < -0.3 is 20.5 Å². The number of nitrogens with two attached hydrogens (primary N) is 1. The van der Waals surface area contributed by atoms with Crippen molar-refractivity contribution >= 4 is 23.8 Å². The van der Waals surface area contributed by atoms with E-state index in [2.05, 4.69) is 15.4 Å². The first-order valence-corrected chi connectivity index (χ1v) is 8.57. The number of rotatable bonds is 7. The largest absolute Gasteiger partial charge is 0.495 e. The normalized spacial score (nSPS) is 10.8. The molecule has 3 rings (SSSR count). The maximum absolute atomic E-state index is 12.2. The molecule has 3 aromatic rings. The minimum absolute atomic E-state index is 0.158. The van der Waals surface area contributed by atoms with E-state index in [9.17, 15) is 4.79 Å². The summed E-state index contributed by atoms with van der Waals surface area (Å²) >= 11 is 0. The van der Waals surface area contributed by atoms with E-state index in [1.54, 1.807) is 37.7 Å². The van der Waals surface area contributed by atoms with Gasteiger partial charge in [0.15, 0.2) is 6.61 Å². The number of nitrogen functional groups attached to an aromatic ring is 1. The van der Waals surface area contributed by atoms with E-state index in [-0.39, 0.29) is 12.5 Å². The quantitative estimate of drug-likeness (QED) is 0.614. The molecule has 0 unspecified atom stereocenters. The molecule has 0 aliphatic heterocycles. The molecule has 2 aromatic carbocycles. The summed E-state index contributed by atoms with van der Waals surface area (Å²) in [7, 11) is 1.55. The van der Waals surface area contributed by atoms with Gasteiger partial charge in [0, 0.05) is 5.56 Å². The third-order valence-electron chi connectivity index (χ3n) is 3.81. The van der Waals surface area contributed by atoms with Crippen LogP contribution in [0.1, 0.15) is 11.3 Å². The summed E-state index contributed by atoms with van der Waals surface area (Å²) < 4.78 is 12.4. The highest BCUT2D eigenvalue weighted by atomic mass is 16.5. The molecular formula is C20H21N5O3. The Labute approximate surface area is 162 Å². The zero-order valence-corrected chi connectivity index (χ0v) is 15.6. The fraction of sp³-hybridized carbons (Fsp3) is 0.150. The van der Waals surface area contributed by atoms with E-state index in [0.717, 1.165) is 5.69 Å². The van der Waals surface area contributed by atoms with Gasteiger partial charge in [-0.05, 0) is 31.2 Å². The van der Waals surface area contributed by atoms with Crippen molar-refractivity contribution < 1.29 is 14.3 Å². The van der Waals surface area contributed by atoms with E-state index in [4.69, 9.17) is 15.2 Å². The number of carbonyl (C=O) groups is 1. The van der Waals surface area contributed by atoms with Gasteiger partial charge in [0.05, 0.1) is 30.9 Å². The Morgan fingerprint density at radius 2 is 1.93 bits per heavy atom. The molecule has 144 valence electrons. The third-order valence-corrected chi connectivity index (χ3v) is 3.81. The van der Waals surface area contributed by atoms with Crippen LogP contribution in [0.15, 0.2) is 59.8 Å². The summed E-state index contributed by atoms with van der Waals surface area (Å²) in [5.74, 6) is 1.10. The van der Waals surface area contributed by atoms with Crippen molar-refractivity contribution in [2.75, 3.05) is 24.8 Å². The maximum Gasteiger partial charge on any atom is 0.262 e. The molecule has 0 atom stereocenters. The number of hydrogen-bond acceptors (Lipinski definition) is 6. The van der Waals surface area contributed by atoms with Gasteiger partial charge in [0.1, 0.15) is 11.5 Å². The number of benzene rings is 2. The van der Waals surface area contributed by atoms with Gasteiger partial charge >= 0.3 is 0 Å². The molecule has 8 nitrogen and oxygen atoms in total. The number of amides is 1. The second-order valence-corrected chi connectivity index (χ2v) is 5.90. The Hall–Kier alpha value is -3.81. The zero-order valence-electron chi connectivity index (χ0n) is 15.6. The average molecular weight is 379 g/mol. The summed E-state index contributed by atoms with van der Waals surface area (Å²) in [6.45, 7) is 1.68. The molecule has 0 spiro atoms. The Bertz CT molecular complexity index is 997. The second kappa shape index (κ2) is 8.72. The number of ether oxygens (including phenoxy) is 2. The highest BCUT2D eigenvalue weighted by molar-refractivity contribution is 5.93. The second-order valence-electron chi connectivity index (χ2n) is 5.90. The van der Waals surface area contributed by atoms with Crippen LogP contribution in [0.4, 0.5) is 11.6 Å². The molecule has 1 heterocycles. The third kappa shape index (κ3) is 4.67. The fourth-order valence-electron chi connectivity index (χ4n) is 2.52. The van der Waals surface area contributed by atoms with Gasteiger partial charge in [-0.3, -0.25) is 4.79 Å². The number of para-hydroxylation sites is 3. The van der Waals surface area contributed by atoms with Gasteiger partial charge in [-0.15, -0.1) is 0 Å². The smallest absolute Gasteiger partial charge is 0.262 e. The van der Waals surface area contributed by atoms with Crippen molar-refractivity contribution in [3.05, 3.63) is 66.0 Å². The van der Waals surface area contributed by atoms with Crippen LogP contribution in [0.2, 0.25) is 0 Å². The number of anilines is 2. The van der Waals surface area contributed by atoms with Crippen LogP contribution in [0.5, 0.6) is 11.5 Å². The van der Waals surface area contributed by atoms with E-state index in [0.29, 0.717) is 28.7 Å². The number of nitrogens with one attached hydrogen (secondary N) is 1. The van der Waals surface area contributed by atoms with Crippen LogP contribution in [-0.2, 0) is 4.79 Å². The van der Waals surface area contributed by atoms with Crippen molar-refractivity contribution in [1.29, 1.82) is 0 Å².